The third-order valence-electron chi connectivity index (χ3n) is 5.47. The average Bonchev–Trinajstić information content (AvgIpc) is 2.85. The molecule has 2 heteroatoms. The van der Waals surface area contributed by atoms with Gasteiger partial charge in [0.05, 0.1) is 0 Å². The Morgan fingerprint density at radius 2 is 2.15 bits per heavy atom. The molecule has 1 aromatic carbocycles. The van der Waals surface area contributed by atoms with Crippen LogP contribution in [0.3, 0.4) is 0 Å². The number of nitrogens with one attached hydrogen (secondary N) is 1. The van der Waals surface area contributed by atoms with E-state index in [1.807, 2.05) is 0 Å². The highest BCUT2D eigenvalue weighted by atomic mass is 15.1. The summed E-state index contributed by atoms with van der Waals surface area (Å²) in [4.78, 5) is 6.19. The van der Waals surface area contributed by atoms with Crippen LogP contribution < -0.4 is 0 Å². The van der Waals surface area contributed by atoms with Gasteiger partial charge in [-0.2, -0.15) is 0 Å². The molecule has 1 fully saturated rings. The molecule has 20 heavy (non-hydrogen) atoms. The number of piperidine rings is 1. The molecule has 1 N–H and O–H groups in total. The van der Waals surface area contributed by atoms with Crippen LogP contribution in [-0.2, 0) is 0 Å². The molecule has 2 bridgehead atoms. The number of H-pyrrole nitrogens is 1. The summed E-state index contributed by atoms with van der Waals surface area (Å²) in [6.07, 6.45) is 2.48. The lowest BCUT2D eigenvalue weighted by molar-refractivity contribution is 0.0839. The zero-order valence-corrected chi connectivity index (χ0v) is 12.3. The van der Waals surface area contributed by atoms with Crippen LogP contribution in [0.5, 0.6) is 0 Å². The molecule has 1 aliphatic heterocycles. The summed E-state index contributed by atoms with van der Waals surface area (Å²) in [5.41, 5.74) is 5.41. The molecule has 2 aliphatic rings. The number of para-hydroxylation sites is 1. The fourth-order valence-electron chi connectivity index (χ4n) is 4.53. The first-order valence-corrected chi connectivity index (χ1v) is 7.72. The Bertz CT molecular complexity index is 682. The van der Waals surface area contributed by atoms with Crippen LogP contribution in [0.4, 0.5) is 0 Å². The number of benzene rings is 1. The lowest BCUT2D eigenvalue weighted by atomic mass is 9.66. The van der Waals surface area contributed by atoms with E-state index in [0.29, 0.717) is 17.9 Å². The van der Waals surface area contributed by atoms with E-state index >= 15 is 0 Å². The van der Waals surface area contributed by atoms with E-state index < -0.39 is 0 Å². The number of allylic oxidation sites excluding steroid dienone is 1. The molecule has 0 radical (unpaired) electrons. The summed E-state index contributed by atoms with van der Waals surface area (Å²) < 4.78 is 0. The number of hydrogen-bond acceptors (Lipinski definition) is 1. The maximum absolute atomic E-state index is 4.44. The largest absolute Gasteiger partial charge is 0.355 e. The highest BCUT2D eigenvalue weighted by Gasteiger charge is 2.44. The van der Waals surface area contributed by atoms with Crippen molar-refractivity contribution in [1.82, 2.24) is 9.88 Å². The number of aromatic amines is 1. The summed E-state index contributed by atoms with van der Waals surface area (Å²) in [6, 6.07) is 9.25. The minimum Gasteiger partial charge on any atom is -0.355 e. The second-order valence-electron chi connectivity index (χ2n) is 6.38. The number of hydrogen-bond donors (Lipinski definition) is 1. The molecule has 1 aliphatic carbocycles. The van der Waals surface area contributed by atoms with Gasteiger partial charge < -0.3 is 4.98 Å². The Balaban J connectivity index is 2.03. The summed E-state index contributed by atoms with van der Waals surface area (Å²) in [7, 11) is 2.28. The molecule has 2 heterocycles. The number of fused-ring (bicyclic) bond motifs is 6. The van der Waals surface area contributed by atoms with Crippen LogP contribution in [0, 0.1) is 11.8 Å². The Labute approximate surface area is 120 Å². The number of likely N-dealkylation sites (tertiary alicyclic amines) is 1. The SMILES string of the molecule is C=C1c2[nH]c3ccccc3c2[C@@H]2C(CC)[C@H]1CCN2C. The number of aromatic nitrogens is 1. The van der Waals surface area contributed by atoms with Crippen LogP contribution >= 0.6 is 0 Å². The first-order valence-electron chi connectivity index (χ1n) is 7.72. The predicted molar refractivity (Wildman–Crippen MR) is 84.6 cm³/mol. The summed E-state index contributed by atoms with van der Waals surface area (Å²) in [5.74, 6) is 1.37. The molecule has 1 unspecified atom stereocenters. The van der Waals surface area contributed by atoms with E-state index in [2.05, 4.69) is 54.7 Å². The third kappa shape index (κ3) is 1.43. The lowest BCUT2D eigenvalue weighted by Gasteiger charge is -2.48. The zero-order chi connectivity index (χ0) is 13.9. The van der Waals surface area contributed by atoms with Crippen molar-refractivity contribution >= 4 is 16.5 Å². The fraction of sp³-hybridized carbons (Fsp3) is 0.444. The van der Waals surface area contributed by atoms with Gasteiger partial charge in [-0.05, 0) is 43.5 Å². The van der Waals surface area contributed by atoms with Crippen molar-refractivity contribution in [2.24, 2.45) is 11.8 Å². The zero-order valence-electron chi connectivity index (χ0n) is 12.3. The van der Waals surface area contributed by atoms with Gasteiger partial charge >= 0.3 is 0 Å². The smallest absolute Gasteiger partial charge is 0.0469 e. The van der Waals surface area contributed by atoms with Gasteiger partial charge in [0.1, 0.15) is 0 Å². The number of rotatable bonds is 1. The van der Waals surface area contributed by atoms with Crippen molar-refractivity contribution in [2.75, 3.05) is 13.6 Å². The van der Waals surface area contributed by atoms with Crippen molar-refractivity contribution < 1.29 is 0 Å². The van der Waals surface area contributed by atoms with E-state index in [-0.39, 0.29) is 0 Å². The Kier molecular flexibility index (Phi) is 2.58. The van der Waals surface area contributed by atoms with Gasteiger partial charge in [-0.25, -0.2) is 0 Å². The van der Waals surface area contributed by atoms with Crippen LogP contribution in [0.2, 0.25) is 0 Å². The van der Waals surface area contributed by atoms with Crippen LogP contribution in [0.25, 0.3) is 16.5 Å². The fourth-order valence-corrected chi connectivity index (χ4v) is 4.53. The molecular weight excluding hydrogens is 244 g/mol. The van der Waals surface area contributed by atoms with Crippen LogP contribution in [-0.4, -0.2) is 23.5 Å². The second-order valence-corrected chi connectivity index (χ2v) is 6.38. The molecule has 2 nitrogen and oxygen atoms in total. The molecule has 1 aromatic heterocycles. The normalized spacial score (nSPS) is 29.7. The predicted octanol–water partition coefficient (Wildman–Crippen LogP) is 4.21. The molecule has 1 saturated heterocycles. The van der Waals surface area contributed by atoms with Gasteiger partial charge in [-0.1, -0.05) is 38.1 Å². The maximum Gasteiger partial charge on any atom is 0.0469 e. The van der Waals surface area contributed by atoms with E-state index in [1.165, 1.54) is 47.1 Å². The topological polar surface area (TPSA) is 19.0 Å². The Hall–Kier alpha value is -1.54. The molecule has 3 atom stereocenters. The molecular formula is C18H22N2. The molecule has 0 amide bonds. The maximum atomic E-state index is 4.44. The van der Waals surface area contributed by atoms with Crippen LogP contribution in [0.15, 0.2) is 30.8 Å². The van der Waals surface area contributed by atoms with Crippen molar-refractivity contribution in [1.29, 1.82) is 0 Å². The molecule has 0 saturated carbocycles. The van der Waals surface area contributed by atoms with Gasteiger partial charge in [-0.15, -0.1) is 0 Å². The van der Waals surface area contributed by atoms with E-state index in [1.54, 1.807) is 0 Å². The second kappa shape index (κ2) is 4.23. The van der Waals surface area contributed by atoms with E-state index in [4.69, 9.17) is 0 Å². The highest BCUT2D eigenvalue weighted by Crippen LogP contribution is 2.53. The third-order valence-corrected chi connectivity index (χ3v) is 5.47. The molecule has 2 aromatic rings. The van der Waals surface area contributed by atoms with Crippen molar-refractivity contribution in [3.8, 4) is 0 Å². The van der Waals surface area contributed by atoms with Gasteiger partial charge in [0.15, 0.2) is 0 Å². The van der Waals surface area contributed by atoms with E-state index in [0.717, 1.165) is 0 Å². The van der Waals surface area contributed by atoms with Gasteiger partial charge in [0.2, 0.25) is 0 Å². The lowest BCUT2D eigenvalue weighted by Crippen LogP contribution is -2.44. The summed E-state index contributed by atoms with van der Waals surface area (Å²) in [5, 5.41) is 1.39. The first-order chi connectivity index (χ1) is 9.72. The quantitative estimate of drug-likeness (QED) is 0.819. The first kappa shape index (κ1) is 12.2. The molecule has 104 valence electrons. The van der Waals surface area contributed by atoms with Crippen LogP contribution in [0.1, 0.15) is 37.1 Å². The van der Waals surface area contributed by atoms with Gasteiger partial charge in [0.25, 0.3) is 0 Å². The van der Waals surface area contributed by atoms with Crippen molar-refractivity contribution in [2.45, 2.75) is 25.8 Å². The van der Waals surface area contributed by atoms with Gasteiger partial charge in [-0.3, -0.25) is 4.90 Å². The number of nitrogens with zero attached hydrogens (tertiary/aromatic N) is 1. The average molecular weight is 266 g/mol. The standard InChI is InChI=1S/C18H22N2/c1-4-12-13-9-10-20(3)18(12)16-14-7-5-6-8-15(14)19-17(16)11(13)2/h5-8,12-13,18-19H,2,4,9-10H2,1,3H3/t12?,13-,18-/m0/s1. The monoisotopic (exact) mass is 266 g/mol. The Morgan fingerprint density at radius 1 is 1.35 bits per heavy atom. The minimum atomic E-state index is 0.551. The molecule has 0 spiro atoms. The van der Waals surface area contributed by atoms with E-state index in [9.17, 15) is 0 Å². The Morgan fingerprint density at radius 3 is 2.95 bits per heavy atom. The van der Waals surface area contributed by atoms with Crippen molar-refractivity contribution in [3.63, 3.8) is 0 Å². The summed E-state index contributed by atoms with van der Waals surface area (Å²) >= 11 is 0. The highest BCUT2D eigenvalue weighted by molar-refractivity contribution is 5.91. The molecule has 4 rings (SSSR count). The van der Waals surface area contributed by atoms with Crippen molar-refractivity contribution in [3.05, 3.63) is 42.1 Å². The van der Waals surface area contributed by atoms with Gasteiger partial charge in [0, 0.05) is 28.2 Å². The minimum absolute atomic E-state index is 0.551. The summed E-state index contributed by atoms with van der Waals surface area (Å²) in [6.45, 7) is 7.96.